The van der Waals surface area contributed by atoms with Crippen molar-refractivity contribution in [2.24, 2.45) is 5.73 Å². The number of primary amides is 1. The zero-order valence-electron chi connectivity index (χ0n) is 11.3. The first-order valence-electron chi connectivity index (χ1n) is 6.74. The molecule has 1 aliphatic rings. The number of ether oxygens (including phenoxy) is 2. The lowest BCUT2D eigenvalue weighted by molar-refractivity contribution is -0.118. The van der Waals surface area contributed by atoms with Crippen molar-refractivity contribution in [3.05, 3.63) is 22.7 Å². The number of benzene rings is 1. The molecule has 5 nitrogen and oxygen atoms in total. The fourth-order valence-corrected chi connectivity index (χ4v) is 2.29. The molecule has 0 unspecified atom stereocenters. The Labute approximate surface area is 123 Å². The van der Waals surface area contributed by atoms with Crippen LogP contribution < -0.4 is 20.5 Å². The highest BCUT2D eigenvalue weighted by Gasteiger charge is 2.15. The number of hydrogen-bond donors (Lipinski definition) is 2. The zero-order chi connectivity index (χ0) is 14.4. The monoisotopic (exact) mass is 298 g/mol. The fraction of sp³-hybridized carbons (Fsp3) is 0.500. The van der Waals surface area contributed by atoms with Gasteiger partial charge in [-0.2, -0.15) is 0 Å². The van der Waals surface area contributed by atoms with E-state index in [0.29, 0.717) is 42.7 Å². The highest BCUT2D eigenvalue weighted by atomic mass is 35.5. The maximum atomic E-state index is 10.6. The Bertz CT molecular complexity index is 480. The predicted molar refractivity (Wildman–Crippen MR) is 77.2 cm³/mol. The van der Waals surface area contributed by atoms with Gasteiger partial charge in [0.25, 0.3) is 0 Å². The number of halogens is 1. The number of fused-ring (bicyclic) bond motifs is 1. The van der Waals surface area contributed by atoms with Crippen molar-refractivity contribution < 1.29 is 14.3 Å². The number of carbonyl (C=O) groups is 1. The Morgan fingerprint density at radius 1 is 1.35 bits per heavy atom. The molecular formula is C14H19ClN2O3. The molecule has 2 rings (SSSR count). The quantitative estimate of drug-likeness (QED) is 0.786. The molecule has 0 spiro atoms. The van der Waals surface area contributed by atoms with Crippen LogP contribution in [0.5, 0.6) is 11.5 Å². The van der Waals surface area contributed by atoms with E-state index < -0.39 is 0 Å². The second-order valence-electron chi connectivity index (χ2n) is 4.70. The molecule has 1 aliphatic heterocycles. The maximum Gasteiger partial charge on any atom is 0.217 e. The summed E-state index contributed by atoms with van der Waals surface area (Å²) >= 11 is 6.21. The summed E-state index contributed by atoms with van der Waals surface area (Å²) in [5, 5.41) is 3.81. The molecule has 0 saturated carbocycles. The van der Waals surface area contributed by atoms with Gasteiger partial charge in [0.15, 0.2) is 11.5 Å². The molecule has 1 aromatic rings. The lowest BCUT2D eigenvalue weighted by atomic mass is 10.2. The molecule has 20 heavy (non-hydrogen) atoms. The Balaban J connectivity index is 1.90. The first kappa shape index (κ1) is 14.9. The molecule has 0 bridgehead atoms. The minimum absolute atomic E-state index is 0.273. The lowest BCUT2D eigenvalue weighted by Gasteiger charge is -2.12. The summed E-state index contributed by atoms with van der Waals surface area (Å²) < 4.78 is 11.2. The smallest absolute Gasteiger partial charge is 0.217 e. The van der Waals surface area contributed by atoms with Gasteiger partial charge in [-0.05, 0) is 30.7 Å². The summed E-state index contributed by atoms with van der Waals surface area (Å²) in [7, 11) is 0. The predicted octanol–water partition coefficient (Wildman–Crippen LogP) is 1.86. The van der Waals surface area contributed by atoms with Crippen molar-refractivity contribution in [1.82, 2.24) is 5.32 Å². The van der Waals surface area contributed by atoms with E-state index in [1.54, 1.807) is 0 Å². The minimum Gasteiger partial charge on any atom is -0.489 e. The van der Waals surface area contributed by atoms with Crippen molar-refractivity contribution in [3.8, 4) is 11.5 Å². The van der Waals surface area contributed by atoms with Gasteiger partial charge in [0.1, 0.15) is 0 Å². The molecule has 0 aliphatic carbocycles. The van der Waals surface area contributed by atoms with Gasteiger partial charge in [-0.15, -0.1) is 0 Å². The standard InChI is InChI=1S/C14H19ClN2O3/c15-11-7-10(9-17-4-1-3-13(16)18)8-12-14(11)20-6-2-5-19-12/h7-8,17H,1-6,9H2,(H2,16,18). The van der Waals surface area contributed by atoms with Crippen LogP contribution in [0.25, 0.3) is 0 Å². The van der Waals surface area contributed by atoms with E-state index in [0.717, 1.165) is 24.9 Å². The molecule has 0 radical (unpaired) electrons. The van der Waals surface area contributed by atoms with E-state index in [1.807, 2.05) is 12.1 Å². The SMILES string of the molecule is NC(=O)CCCNCc1cc(Cl)c2c(c1)OCCCO2. The highest BCUT2D eigenvalue weighted by Crippen LogP contribution is 2.37. The number of nitrogens with two attached hydrogens (primary N) is 1. The lowest BCUT2D eigenvalue weighted by Crippen LogP contribution is -2.18. The van der Waals surface area contributed by atoms with Crippen LogP contribution in [-0.2, 0) is 11.3 Å². The topological polar surface area (TPSA) is 73.6 Å². The Hall–Kier alpha value is -1.46. The van der Waals surface area contributed by atoms with E-state index in [9.17, 15) is 4.79 Å². The second kappa shape index (κ2) is 7.36. The van der Waals surface area contributed by atoms with E-state index in [4.69, 9.17) is 26.8 Å². The fourth-order valence-electron chi connectivity index (χ4n) is 2.01. The maximum absolute atomic E-state index is 10.6. The Morgan fingerprint density at radius 3 is 2.95 bits per heavy atom. The van der Waals surface area contributed by atoms with Gasteiger partial charge in [0.2, 0.25) is 5.91 Å². The molecule has 0 atom stereocenters. The van der Waals surface area contributed by atoms with E-state index in [-0.39, 0.29) is 5.91 Å². The number of nitrogens with one attached hydrogen (secondary N) is 1. The number of rotatable bonds is 6. The summed E-state index contributed by atoms with van der Waals surface area (Å²) in [6.45, 7) is 2.65. The number of carbonyl (C=O) groups excluding carboxylic acids is 1. The molecule has 0 saturated heterocycles. The van der Waals surface area contributed by atoms with E-state index in [2.05, 4.69) is 5.32 Å². The van der Waals surface area contributed by atoms with Gasteiger partial charge in [0, 0.05) is 19.4 Å². The first-order chi connectivity index (χ1) is 9.66. The molecule has 1 aromatic carbocycles. The first-order valence-corrected chi connectivity index (χ1v) is 7.11. The molecule has 0 fully saturated rings. The third kappa shape index (κ3) is 4.28. The van der Waals surface area contributed by atoms with Gasteiger partial charge >= 0.3 is 0 Å². The Kier molecular flexibility index (Phi) is 5.49. The zero-order valence-corrected chi connectivity index (χ0v) is 12.0. The van der Waals surface area contributed by atoms with Crippen LogP contribution in [0, 0.1) is 0 Å². The second-order valence-corrected chi connectivity index (χ2v) is 5.11. The average Bonchev–Trinajstić information content (AvgIpc) is 2.63. The van der Waals surface area contributed by atoms with Gasteiger partial charge in [-0.3, -0.25) is 4.79 Å². The van der Waals surface area contributed by atoms with E-state index >= 15 is 0 Å². The third-order valence-corrected chi connectivity index (χ3v) is 3.25. The normalized spacial score (nSPS) is 13.8. The van der Waals surface area contributed by atoms with Crippen molar-refractivity contribution in [1.29, 1.82) is 0 Å². The summed E-state index contributed by atoms with van der Waals surface area (Å²) in [6.07, 6.45) is 1.98. The van der Waals surface area contributed by atoms with Crippen LogP contribution in [-0.4, -0.2) is 25.7 Å². The van der Waals surface area contributed by atoms with Crippen LogP contribution in [0.3, 0.4) is 0 Å². The van der Waals surface area contributed by atoms with E-state index in [1.165, 1.54) is 0 Å². The van der Waals surface area contributed by atoms with Crippen LogP contribution in [0.1, 0.15) is 24.8 Å². The largest absolute Gasteiger partial charge is 0.489 e. The molecule has 6 heteroatoms. The molecule has 1 heterocycles. The van der Waals surface area contributed by atoms with Crippen molar-refractivity contribution in [2.45, 2.75) is 25.8 Å². The number of amides is 1. The van der Waals surface area contributed by atoms with Crippen molar-refractivity contribution in [3.63, 3.8) is 0 Å². The molecule has 3 N–H and O–H groups in total. The minimum atomic E-state index is -0.273. The molecule has 0 aromatic heterocycles. The van der Waals surface area contributed by atoms with Crippen LogP contribution in [0.15, 0.2) is 12.1 Å². The van der Waals surface area contributed by atoms with Gasteiger partial charge < -0.3 is 20.5 Å². The summed E-state index contributed by atoms with van der Waals surface area (Å²) in [6, 6.07) is 3.81. The van der Waals surface area contributed by atoms with Crippen LogP contribution in [0.2, 0.25) is 5.02 Å². The third-order valence-electron chi connectivity index (χ3n) is 2.97. The molecule has 110 valence electrons. The average molecular weight is 299 g/mol. The van der Waals surface area contributed by atoms with Crippen LogP contribution >= 0.6 is 11.6 Å². The van der Waals surface area contributed by atoms with Crippen molar-refractivity contribution in [2.75, 3.05) is 19.8 Å². The summed E-state index contributed by atoms with van der Waals surface area (Å²) in [4.78, 5) is 10.6. The molecular weight excluding hydrogens is 280 g/mol. The van der Waals surface area contributed by atoms with Gasteiger partial charge in [-0.25, -0.2) is 0 Å². The van der Waals surface area contributed by atoms with Crippen LogP contribution in [0.4, 0.5) is 0 Å². The molecule has 1 amide bonds. The number of hydrogen-bond acceptors (Lipinski definition) is 4. The Morgan fingerprint density at radius 2 is 2.15 bits per heavy atom. The summed E-state index contributed by atoms with van der Waals surface area (Å²) in [5.74, 6) is 1.05. The van der Waals surface area contributed by atoms with Gasteiger partial charge in [-0.1, -0.05) is 11.6 Å². The summed E-state index contributed by atoms with van der Waals surface area (Å²) in [5.41, 5.74) is 6.11. The van der Waals surface area contributed by atoms with Crippen molar-refractivity contribution >= 4 is 17.5 Å². The van der Waals surface area contributed by atoms with Gasteiger partial charge in [0.05, 0.1) is 18.2 Å². The highest BCUT2D eigenvalue weighted by molar-refractivity contribution is 6.32.